The summed E-state index contributed by atoms with van der Waals surface area (Å²) < 4.78 is 10.9. The van der Waals surface area contributed by atoms with E-state index in [0.717, 1.165) is 37.6 Å². The monoisotopic (exact) mass is 239 g/mol. The lowest BCUT2D eigenvalue weighted by molar-refractivity contribution is -0.0615. The maximum absolute atomic E-state index is 5.67. The van der Waals surface area contributed by atoms with E-state index < -0.39 is 0 Å². The second-order valence-corrected chi connectivity index (χ2v) is 4.62. The molecule has 0 aromatic carbocycles. The van der Waals surface area contributed by atoms with Crippen LogP contribution in [0.4, 0.5) is 0 Å². The molecular weight excluding hydrogens is 218 g/mol. The highest BCUT2D eigenvalue weighted by Crippen LogP contribution is 2.18. The van der Waals surface area contributed by atoms with Gasteiger partial charge in [-0.2, -0.15) is 0 Å². The van der Waals surface area contributed by atoms with Crippen molar-refractivity contribution in [2.45, 2.75) is 45.5 Å². The molecule has 0 saturated carbocycles. The van der Waals surface area contributed by atoms with E-state index >= 15 is 0 Å². The third-order valence-electron chi connectivity index (χ3n) is 3.23. The van der Waals surface area contributed by atoms with Gasteiger partial charge in [0.1, 0.15) is 0 Å². The molecule has 1 aliphatic rings. The van der Waals surface area contributed by atoms with E-state index in [9.17, 15) is 0 Å². The van der Waals surface area contributed by atoms with Crippen molar-refractivity contribution in [2.24, 2.45) is 5.73 Å². The lowest BCUT2D eigenvalue weighted by Gasteiger charge is -2.37. The first-order chi connectivity index (χ1) is 8.22. The molecule has 1 aromatic rings. The van der Waals surface area contributed by atoms with Gasteiger partial charge < -0.3 is 15.0 Å². The topological polar surface area (TPSA) is 64.5 Å². The summed E-state index contributed by atoms with van der Waals surface area (Å²) in [7, 11) is 0. The SMILES string of the molecule is CCC1COC(C)CN1Cc1cc(CN)no1. The van der Waals surface area contributed by atoms with Crippen molar-refractivity contribution in [2.75, 3.05) is 13.2 Å². The van der Waals surface area contributed by atoms with E-state index in [1.807, 2.05) is 6.07 Å². The summed E-state index contributed by atoms with van der Waals surface area (Å²) in [5.41, 5.74) is 6.33. The van der Waals surface area contributed by atoms with Crippen molar-refractivity contribution in [1.82, 2.24) is 10.1 Å². The third-order valence-corrected chi connectivity index (χ3v) is 3.23. The molecule has 1 saturated heterocycles. The zero-order valence-electron chi connectivity index (χ0n) is 10.6. The molecule has 5 heteroatoms. The Balaban J connectivity index is 1.99. The van der Waals surface area contributed by atoms with Crippen LogP contribution >= 0.6 is 0 Å². The Morgan fingerprint density at radius 3 is 3.06 bits per heavy atom. The first kappa shape index (κ1) is 12.5. The maximum atomic E-state index is 5.67. The fraction of sp³-hybridized carbons (Fsp3) is 0.750. The molecule has 2 rings (SSSR count). The first-order valence-corrected chi connectivity index (χ1v) is 6.23. The molecule has 17 heavy (non-hydrogen) atoms. The number of rotatable bonds is 4. The normalized spacial score (nSPS) is 26.3. The predicted octanol–water partition coefficient (Wildman–Crippen LogP) is 1.13. The molecule has 0 radical (unpaired) electrons. The Hall–Kier alpha value is -0.910. The number of aromatic nitrogens is 1. The molecule has 1 aromatic heterocycles. The van der Waals surface area contributed by atoms with E-state index in [-0.39, 0.29) is 6.10 Å². The zero-order chi connectivity index (χ0) is 12.3. The van der Waals surface area contributed by atoms with Crippen LogP contribution in [0.2, 0.25) is 0 Å². The zero-order valence-corrected chi connectivity index (χ0v) is 10.6. The van der Waals surface area contributed by atoms with Crippen molar-refractivity contribution in [3.8, 4) is 0 Å². The van der Waals surface area contributed by atoms with Crippen LogP contribution in [0.1, 0.15) is 31.7 Å². The van der Waals surface area contributed by atoms with Crippen LogP contribution in [0, 0.1) is 0 Å². The highest BCUT2D eigenvalue weighted by atomic mass is 16.5. The molecule has 0 aliphatic carbocycles. The lowest BCUT2D eigenvalue weighted by Crippen LogP contribution is -2.47. The second kappa shape index (κ2) is 5.62. The standard InChI is InChI=1S/C12H21N3O2/c1-3-11-8-16-9(2)6-15(11)7-12-4-10(5-13)14-17-12/h4,9,11H,3,5-8,13H2,1-2H3. The predicted molar refractivity (Wildman–Crippen MR) is 64.3 cm³/mol. The highest BCUT2D eigenvalue weighted by Gasteiger charge is 2.26. The summed E-state index contributed by atoms with van der Waals surface area (Å²) in [6.45, 7) is 7.25. The van der Waals surface area contributed by atoms with Crippen molar-refractivity contribution in [1.29, 1.82) is 0 Å². The van der Waals surface area contributed by atoms with Gasteiger partial charge in [0.05, 0.1) is 24.9 Å². The molecule has 2 N–H and O–H groups in total. The second-order valence-electron chi connectivity index (χ2n) is 4.62. The van der Waals surface area contributed by atoms with Crippen molar-refractivity contribution in [3.63, 3.8) is 0 Å². The van der Waals surface area contributed by atoms with Gasteiger partial charge in [-0.05, 0) is 13.3 Å². The Morgan fingerprint density at radius 1 is 1.59 bits per heavy atom. The summed E-state index contributed by atoms with van der Waals surface area (Å²) in [5, 5.41) is 3.91. The Bertz CT molecular complexity index is 353. The minimum atomic E-state index is 0.287. The van der Waals surface area contributed by atoms with E-state index in [1.165, 1.54) is 0 Å². The highest BCUT2D eigenvalue weighted by molar-refractivity contribution is 5.05. The summed E-state index contributed by atoms with van der Waals surface area (Å²) in [4.78, 5) is 2.40. The molecule has 0 amide bonds. The van der Waals surface area contributed by atoms with Crippen LogP contribution in [0.15, 0.2) is 10.6 Å². The fourth-order valence-corrected chi connectivity index (χ4v) is 2.21. The van der Waals surface area contributed by atoms with Crippen molar-refractivity contribution >= 4 is 0 Å². The smallest absolute Gasteiger partial charge is 0.151 e. The fourth-order valence-electron chi connectivity index (χ4n) is 2.21. The number of hydrogen-bond acceptors (Lipinski definition) is 5. The van der Waals surface area contributed by atoms with E-state index in [2.05, 4.69) is 23.9 Å². The van der Waals surface area contributed by atoms with E-state index in [0.29, 0.717) is 12.6 Å². The van der Waals surface area contributed by atoms with Crippen LogP contribution in [-0.2, 0) is 17.8 Å². The van der Waals surface area contributed by atoms with E-state index in [4.69, 9.17) is 15.0 Å². The summed E-state index contributed by atoms with van der Waals surface area (Å²) in [6, 6.07) is 2.41. The number of nitrogens with zero attached hydrogens (tertiary/aromatic N) is 2. The number of morpholine rings is 1. The van der Waals surface area contributed by atoms with Gasteiger partial charge in [0.25, 0.3) is 0 Å². The average molecular weight is 239 g/mol. The van der Waals surface area contributed by atoms with Crippen molar-refractivity contribution in [3.05, 3.63) is 17.5 Å². The van der Waals surface area contributed by atoms with Gasteiger partial charge in [-0.3, -0.25) is 4.90 Å². The molecule has 0 spiro atoms. The number of ether oxygens (including phenoxy) is 1. The quantitative estimate of drug-likeness (QED) is 0.853. The number of nitrogens with two attached hydrogens (primary N) is 1. The first-order valence-electron chi connectivity index (χ1n) is 6.23. The van der Waals surface area contributed by atoms with Gasteiger partial charge >= 0.3 is 0 Å². The Kier molecular flexibility index (Phi) is 4.15. The molecule has 2 atom stereocenters. The van der Waals surface area contributed by atoms with Gasteiger partial charge in [0.15, 0.2) is 5.76 Å². The average Bonchev–Trinajstić information content (AvgIpc) is 2.77. The molecule has 2 heterocycles. The summed E-state index contributed by atoms with van der Waals surface area (Å²) in [6.07, 6.45) is 1.37. The Labute approximate surface area is 102 Å². The van der Waals surface area contributed by atoms with Gasteiger partial charge in [0, 0.05) is 25.2 Å². The van der Waals surface area contributed by atoms with E-state index in [1.54, 1.807) is 0 Å². The minimum Gasteiger partial charge on any atom is -0.376 e. The summed E-state index contributed by atoms with van der Waals surface area (Å²) >= 11 is 0. The molecular formula is C12H21N3O2. The van der Waals surface area contributed by atoms with Crippen LogP contribution in [0.5, 0.6) is 0 Å². The van der Waals surface area contributed by atoms with Crippen LogP contribution < -0.4 is 5.73 Å². The number of hydrogen-bond donors (Lipinski definition) is 1. The summed E-state index contributed by atoms with van der Waals surface area (Å²) in [5.74, 6) is 0.887. The van der Waals surface area contributed by atoms with Crippen molar-refractivity contribution < 1.29 is 9.26 Å². The molecule has 2 unspecified atom stereocenters. The largest absolute Gasteiger partial charge is 0.376 e. The van der Waals surface area contributed by atoms with Crippen LogP contribution in [0.25, 0.3) is 0 Å². The third kappa shape index (κ3) is 3.06. The molecule has 96 valence electrons. The molecule has 1 fully saturated rings. The van der Waals surface area contributed by atoms with Crippen LogP contribution in [-0.4, -0.2) is 35.4 Å². The minimum absolute atomic E-state index is 0.287. The van der Waals surface area contributed by atoms with Gasteiger partial charge in [-0.1, -0.05) is 12.1 Å². The molecule has 5 nitrogen and oxygen atoms in total. The van der Waals surface area contributed by atoms with Gasteiger partial charge in [-0.25, -0.2) is 0 Å². The van der Waals surface area contributed by atoms with Crippen LogP contribution in [0.3, 0.4) is 0 Å². The molecule has 1 aliphatic heterocycles. The Morgan fingerprint density at radius 2 is 2.41 bits per heavy atom. The van der Waals surface area contributed by atoms with Gasteiger partial charge in [-0.15, -0.1) is 0 Å². The van der Waals surface area contributed by atoms with Gasteiger partial charge in [0.2, 0.25) is 0 Å². The lowest BCUT2D eigenvalue weighted by atomic mass is 10.1. The maximum Gasteiger partial charge on any atom is 0.151 e. The molecule has 0 bridgehead atoms.